The molecule has 0 amide bonds. The molecule has 11 aromatic rings. The lowest BCUT2D eigenvalue weighted by Crippen LogP contribution is -2.60. The van der Waals surface area contributed by atoms with Gasteiger partial charge in [0.15, 0.2) is 0 Å². The maximum atomic E-state index is 7.17. The van der Waals surface area contributed by atoms with Crippen molar-refractivity contribution < 1.29 is 8.83 Å². The van der Waals surface area contributed by atoms with Gasteiger partial charge in [-0.05, 0) is 105 Å². The standard InChI is InChI=1S/C50H29BN2O2S2/c1-3-12-30(13-4-1)36-26-32-22-24-56-44(32)28-40(36)52-38-18-11-19-39-47(38)51(49-48(52)35-17-8-10-21-43(35)54-49)46-34-16-7-9-20-42(34)55-50(46)53(39)41-29-45-33(23-25-57-45)27-37(41)31-14-5-2-6-15-31/h1-29H. The molecule has 6 heterocycles. The summed E-state index contributed by atoms with van der Waals surface area (Å²) in [5.41, 5.74) is 15.1. The van der Waals surface area contributed by atoms with Crippen LogP contribution in [0, 0.1) is 0 Å². The van der Waals surface area contributed by atoms with E-state index in [-0.39, 0.29) is 6.71 Å². The fourth-order valence-electron chi connectivity index (χ4n) is 9.39. The number of rotatable bonds is 4. The number of thiophene rings is 2. The van der Waals surface area contributed by atoms with Crippen LogP contribution in [0.5, 0.6) is 0 Å². The Morgan fingerprint density at radius 3 is 1.63 bits per heavy atom. The minimum Gasteiger partial charge on any atom is -0.468 e. The Balaban J connectivity index is 1.18. The van der Waals surface area contributed by atoms with Crippen molar-refractivity contribution in [2.75, 3.05) is 9.80 Å². The Bertz CT molecular complexity index is 3400. The van der Waals surface area contributed by atoms with Crippen molar-refractivity contribution in [2.24, 2.45) is 0 Å². The van der Waals surface area contributed by atoms with E-state index in [1.165, 1.54) is 36.8 Å². The van der Waals surface area contributed by atoms with Crippen molar-refractivity contribution >= 4 is 122 Å². The highest BCUT2D eigenvalue weighted by molar-refractivity contribution is 7.17. The second-order valence-electron chi connectivity index (χ2n) is 14.8. The molecule has 4 nitrogen and oxygen atoms in total. The molecule has 13 rings (SSSR count). The molecule has 0 spiro atoms. The zero-order valence-corrected chi connectivity index (χ0v) is 32.0. The van der Waals surface area contributed by atoms with Crippen LogP contribution in [0.3, 0.4) is 0 Å². The summed E-state index contributed by atoms with van der Waals surface area (Å²) in [5, 5.41) is 9.01. The fourth-order valence-corrected chi connectivity index (χ4v) is 11.0. The molecule has 0 radical (unpaired) electrons. The van der Waals surface area contributed by atoms with Gasteiger partial charge >= 0.3 is 6.71 Å². The SMILES string of the molecule is c1ccc(-c2cc3ccsc3cc2N2c3cccc4c3B(c3oc5ccccc5c3N4c3cc4sccc4cc3-c3ccccc3)c3c2oc2ccccc32)cc1. The number of para-hydroxylation sites is 2. The number of benzene rings is 7. The van der Waals surface area contributed by atoms with Gasteiger partial charge < -0.3 is 13.7 Å². The summed E-state index contributed by atoms with van der Waals surface area (Å²) in [6, 6.07) is 59.2. The molecule has 266 valence electrons. The summed E-state index contributed by atoms with van der Waals surface area (Å²) in [4.78, 5) is 4.88. The van der Waals surface area contributed by atoms with E-state index >= 15 is 0 Å². The Kier molecular flexibility index (Phi) is 6.53. The van der Waals surface area contributed by atoms with Crippen molar-refractivity contribution in [1.82, 2.24) is 0 Å². The molecule has 7 heteroatoms. The number of hydrogen-bond donors (Lipinski definition) is 0. The fraction of sp³-hybridized carbons (Fsp3) is 0. The molecule has 0 fully saturated rings. The molecule has 0 saturated carbocycles. The van der Waals surface area contributed by atoms with Gasteiger partial charge in [-0.2, -0.15) is 0 Å². The molecule has 0 aliphatic carbocycles. The van der Waals surface area contributed by atoms with Gasteiger partial charge in [-0.15, -0.1) is 22.7 Å². The monoisotopic (exact) mass is 764 g/mol. The molecule has 0 N–H and O–H groups in total. The third kappa shape index (κ3) is 4.44. The Morgan fingerprint density at radius 1 is 0.439 bits per heavy atom. The quantitative estimate of drug-likeness (QED) is 0.167. The molecule has 0 saturated heterocycles. The minimum atomic E-state index is -0.221. The largest absolute Gasteiger partial charge is 0.468 e. The maximum absolute atomic E-state index is 7.17. The van der Waals surface area contributed by atoms with E-state index in [2.05, 4.69) is 184 Å². The van der Waals surface area contributed by atoms with E-state index in [1.807, 2.05) is 0 Å². The first-order valence-electron chi connectivity index (χ1n) is 19.2. The van der Waals surface area contributed by atoms with Crippen LogP contribution < -0.4 is 26.4 Å². The number of hydrogen-bond acceptors (Lipinski definition) is 6. The van der Waals surface area contributed by atoms with Gasteiger partial charge in [0.25, 0.3) is 0 Å². The second kappa shape index (κ2) is 11.9. The molecular formula is C50H29BN2O2S2. The maximum Gasteiger partial charge on any atom is 0.302 e. The van der Waals surface area contributed by atoms with E-state index in [1.54, 1.807) is 22.7 Å². The predicted molar refractivity (Wildman–Crippen MR) is 242 cm³/mol. The van der Waals surface area contributed by atoms with Crippen molar-refractivity contribution in [2.45, 2.75) is 0 Å². The molecule has 57 heavy (non-hydrogen) atoms. The van der Waals surface area contributed by atoms with Crippen LogP contribution in [0.25, 0.3) is 64.4 Å². The molecule has 2 aliphatic rings. The Morgan fingerprint density at radius 2 is 0.982 bits per heavy atom. The molecule has 2 aliphatic heterocycles. The van der Waals surface area contributed by atoms with Crippen LogP contribution in [0.1, 0.15) is 0 Å². The number of nitrogens with zero attached hydrogens (tertiary/aromatic N) is 2. The normalized spacial score (nSPS) is 13.2. The van der Waals surface area contributed by atoms with Gasteiger partial charge in [0.2, 0.25) is 5.88 Å². The molecular weight excluding hydrogens is 736 g/mol. The molecule has 0 atom stereocenters. The molecule has 0 unspecified atom stereocenters. The van der Waals surface area contributed by atoms with Gasteiger partial charge in [0.05, 0.1) is 22.7 Å². The highest BCUT2D eigenvalue weighted by atomic mass is 32.1. The van der Waals surface area contributed by atoms with Crippen LogP contribution in [0.15, 0.2) is 183 Å². The highest BCUT2D eigenvalue weighted by Crippen LogP contribution is 2.52. The number of anilines is 6. The van der Waals surface area contributed by atoms with Crippen LogP contribution in [0.4, 0.5) is 34.3 Å². The first-order valence-corrected chi connectivity index (χ1v) is 20.9. The lowest BCUT2D eigenvalue weighted by Gasteiger charge is -2.41. The summed E-state index contributed by atoms with van der Waals surface area (Å²) < 4.78 is 16.7. The van der Waals surface area contributed by atoms with E-state index in [0.29, 0.717) is 0 Å². The van der Waals surface area contributed by atoms with Crippen molar-refractivity contribution in [3.05, 3.63) is 175 Å². The highest BCUT2D eigenvalue weighted by Gasteiger charge is 2.49. The van der Waals surface area contributed by atoms with Gasteiger partial charge in [-0.25, -0.2) is 0 Å². The first-order chi connectivity index (χ1) is 28.3. The average molecular weight is 765 g/mol. The third-order valence-electron chi connectivity index (χ3n) is 11.8. The van der Waals surface area contributed by atoms with Crippen LogP contribution in [0.2, 0.25) is 0 Å². The summed E-state index contributed by atoms with van der Waals surface area (Å²) in [6.07, 6.45) is 0. The van der Waals surface area contributed by atoms with Crippen molar-refractivity contribution in [3.8, 4) is 22.3 Å². The van der Waals surface area contributed by atoms with Crippen LogP contribution in [-0.4, -0.2) is 6.71 Å². The molecule has 7 aromatic carbocycles. The predicted octanol–water partition coefficient (Wildman–Crippen LogP) is 13.0. The summed E-state index contributed by atoms with van der Waals surface area (Å²) in [6.45, 7) is -0.221. The topological polar surface area (TPSA) is 32.8 Å². The van der Waals surface area contributed by atoms with Crippen molar-refractivity contribution in [1.29, 1.82) is 0 Å². The molecule has 4 aromatic heterocycles. The van der Waals surface area contributed by atoms with E-state index in [0.717, 1.165) is 78.5 Å². The number of furan rings is 2. The summed E-state index contributed by atoms with van der Waals surface area (Å²) >= 11 is 3.55. The van der Waals surface area contributed by atoms with Crippen LogP contribution >= 0.6 is 22.7 Å². The zero-order valence-electron chi connectivity index (χ0n) is 30.3. The summed E-state index contributed by atoms with van der Waals surface area (Å²) in [7, 11) is 0. The van der Waals surface area contributed by atoms with Gasteiger partial charge in [0.1, 0.15) is 11.2 Å². The zero-order chi connectivity index (χ0) is 37.2. The number of fused-ring (bicyclic) bond motifs is 10. The second-order valence-corrected chi connectivity index (χ2v) is 16.7. The minimum absolute atomic E-state index is 0.221. The van der Waals surface area contributed by atoms with E-state index in [9.17, 15) is 0 Å². The smallest absolute Gasteiger partial charge is 0.302 e. The van der Waals surface area contributed by atoms with Crippen molar-refractivity contribution in [3.63, 3.8) is 0 Å². The lowest BCUT2D eigenvalue weighted by atomic mass is 9.35. The first kappa shape index (κ1) is 31.4. The van der Waals surface area contributed by atoms with Gasteiger partial charge in [-0.3, -0.25) is 4.90 Å². The lowest BCUT2D eigenvalue weighted by molar-refractivity contribution is 0.622. The Labute approximate surface area is 336 Å². The molecule has 0 bridgehead atoms. The van der Waals surface area contributed by atoms with Crippen LogP contribution in [-0.2, 0) is 0 Å². The average Bonchev–Trinajstić information content (AvgIpc) is 4.08. The Hall–Kier alpha value is -6.80. The van der Waals surface area contributed by atoms with Gasteiger partial charge in [0, 0.05) is 48.1 Å². The van der Waals surface area contributed by atoms with Gasteiger partial charge in [-0.1, -0.05) is 97.1 Å². The summed E-state index contributed by atoms with van der Waals surface area (Å²) in [5.74, 6) is 0.823. The third-order valence-corrected chi connectivity index (χ3v) is 13.6. The van der Waals surface area contributed by atoms with E-state index in [4.69, 9.17) is 8.83 Å². The van der Waals surface area contributed by atoms with E-state index < -0.39 is 0 Å².